The number of rotatable bonds is 5. The summed E-state index contributed by atoms with van der Waals surface area (Å²) in [5, 5.41) is 6.07. The number of morpholine rings is 2. The lowest BCUT2D eigenvalue weighted by molar-refractivity contribution is -0.128. The first kappa shape index (κ1) is 16.4. The molecule has 2 fully saturated rings. The number of hydrogen-bond acceptors (Lipinski definition) is 5. The fourth-order valence-corrected chi connectivity index (χ4v) is 2.82. The van der Waals surface area contributed by atoms with Crippen molar-refractivity contribution in [3.8, 4) is 0 Å². The van der Waals surface area contributed by atoms with Crippen LogP contribution in [-0.4, -0.2) is 69.5 Å². The van der Waals surface area contributed by atoms with E-state index in [9.17, 15) is 4.79 Å². The molecule has 1 atom stereocenters. The average Bonchev–Trinajstić information content (AvgIpc) is 2.63. The van der Waals surface area contributed by atoms with Crippen molar-refractivity contribution < 1.29 is 14.3 Å². The summed E-state index contributed by atoms with van der Waals surface area (Å²) < 4.78 is 10.8. The highest BCUT2D eigenvalue weighted by molar-refractivity contribution is 5.94. The molecule has 0 spiro atoms. The molecular formula is C17H25N3O3. The topological polar surface area (TPSA) is 62.8 Å². The van der Waals surface area contributed by atoms with Crippen molar-refractivity contribution in [3.63, 3.8) is 0 Å². The Bertz CT molecular complexity index is 494. The summed E-state index contributed by atoms with van der Waals surface area (Å²) in [6.45, 7) is 6.72. The third kappa shape index (κ3) is 5.00. The number of benzene rings is 1. The number of hydrogen-bond donors (Lipinski definition) is 2. The Morgan fingerprint density at radius 2 is 2.00 bits per heavy atom. The second-order valence-corrected chi connectivity index (χ2v) is 5.95. The molecule has 3 rings (SSSR count). The van der Waals surface area contributed by atoms with Gasteiger partial charge in [0.1, 0.15) is 6.10 Å². The molecule has 2 aliphatic heterocycles. The number of carbonyl (C=O) groups is 1. The highest BCUT2D eigenvalue weighted by Crippen LogP contribution is 2.12. The standard InChI is InChI=1S/C17H25N3O3/c21-17(16-13-18-6-10-23-16)19-15-3-1-14(2-4-15)5-7-20-8-11-22-12-9-20/h1-4,16,18H,5-13H2,(H,19,21). The van der Waals surface area contributed by atoms with Gasteiger partial charge in [-0.25, -0.2) is 0 Å². The molecule has 1 aromatic carbocycles. The summed E-state index contributed by atoms with van der Waals surface area (Å²) in [5.41, 5.74) is 2.10. The smallest absolute Gasteiger partial charge is 0.254 e. The van der Waals surface area contributed by atoms with E-state index in [4.69, 9.17) is 9.47 Å². The Balaban J connectivity index is 1.45. The van der Waals surface area contributed by atoms with Crippen LogP contribution in [0.4, 0.5) is 5.69 Å². The van der Waals surface area contributed by atoms with Gasteiger partial charge in [0.15, 0.2) is 0 Å². The van der Waals surface area contributed by atoms with E-state index in [1.165, 1.54) is 5.56 Å². The van der Waals surface area contributed by atoms with E-state index in [1.807, 2.05) is 12.1 Å². The van der Waals surface area contributed by atoms with Gasteiger partial charge in [-0.2, -0.15) is 0 Å². The van der Waals surface area contributed by atoms with Crippen LogP contribution in [0.5, 0.6) is 0 Å². The third-order valence-corrected chi connectivity index (χ3v) is 4.26. The van der Waals surface area contributed by atoms with Gasteiger partial charge in [0.2, 0.25) is 0 Å². The molecule has 126 valence electrons. The first-order valence-electron chi connectivity index (χ1n) is 8.33. The summed E-state index contributed by atoms with van der Waals surface area (Å²) in [4.78, 5) is 14.5. The largest absolute Gasteiger partial charge is 0.379 e. The summed E-state index contributed by atoms with van der Waals surface area (Å²) in [7, 11) is 0. The number of carbonyl (C=O) groups excluding carboxylic acids is 1. The molecule has 0 aliphatic carbocycles. The second-order valence-electron chi connectivity index (χ2n) is 5.95. The summed E-state index contributed by atoms with van der Waals surface area (Å²) in [5.74, 6) is -0.0849. The van der Waals surface area contributed by atoms with Crippen molar-refractivity contribution >= 4 is 11.6 Å². The molecule has 23 heavy (non-hydrogen) atoms. The number of nitrogens with zero attached hydrogens (tertiary/aromatic N) is 1. The number of amides is 1. The molecule has 2 aliphatic rings. The minimum Gasteiger partial charge on any atom is -0.379 e. The lowest BCUT2D eigenvalue weighted by Crippen LogP contribution is -2.45. The van der Waals surface area contributed by atoms with Crippen LogP contribution in [0.2, 0.25) is 0 Å². The Hall–Kier alpha value is -1.47. The minimum atomic E-state index is -0.398. The van der Waals surface area contributed by atoms with E-state index < -0.39 is 6.10 Å². The summed E-state index contributed by atoms with van der Waals surface area (Å²) in [6.07, 6.45) is 0.619. The molecule has 2 N–H and O–H groups in total. The molecule has 0 saturated carbocycles. The van der Waals surface area contributed by atoms with Crippen molar-refractivity contribution in [1.29, 1.82) is 0 Å². The van der Waals surface area contributed by atoms with Gasteiger partial charge in [-0.1, -0.05) is 12.1 Å². The maximum atomic E-state index is 12.1. The molecule has 6 nitrogen and oxygen atoms in total. The van der Waals surface area contributed by atoms with Crippen molar-refractivity contribution in [2.75, 3.05) is 57.9 Å². The van der Waals surface area contributed by atoms with Crippen LogP contribution >= 0.6 is 0 Å². The molecule has 2 saturated heterocycles. The van der Waals surface area contributed by atoms with Crippen molar-refractivity contribution in [2.24, 2.45) is 0 Å². The molecule has 0 radical (unpaired) electrons. The van der Waals surface area contributed by atoms with Gasteiger partial charge < -0.3 is 20.1 Å². The fraction of sp³-hybridized carbons (Fsp3) is 0.588. The molecular weight excluding hydrogens is 294 g/mol. The second kappa shape index (κ2) is 8.40. The molecule has 1 aromatic rings. The molecule has 0 bridgehead atoms. The maximum absolute atomic E-state index is 12.1. The van der Waals surface area contributed by atoms with Crippen molar-refractivity contribution in [3.05, 3.63) is 29.8 Å². The van der Waals surface area contributed by atoms with Crippen LogP contribution in [0.15, 0.2) is 24.3 Å². The van der Waals surface area contributed by atoms with Crippen LogP contribution < -0.4 is 10.6 Å². The zero-order chi connectivity index (χ0) is 15.9. The van der Waals surface area contributed by atoms with Crippen molar-refractivity contribution in [1.82, 2.24) is 10.2 Å². The molecule has 2 heterocycles. The molecule has 6 heteroatoms. The SMILES string of the molecule is O=C(Nc1ccc(CCN2CCOCC2)cc1)C1CNCCO1. The first-order valence-corrected chi connectivity index (χ1v) is 8.33. The van der Waals surface area contributed by atoms with Crippen LogP contribution in [0, 0.1) is 0 Å². The molecule has 0 aromatic heterocycles. The fourth-order valence-electron chi connectivity index (χ4n) is 2.82. The van der Waals surface area contributed by atoms with Crippen molar-refractivity contribution in [2.45, 2.75) is 12.5 Å². The third-order valence-electron chi connectivity index (χ3n) is 4.26. The lowest BCUT2D eigenvalue weighted by atomic mass is 10.1. The van der Waals surface area contributed by atoms with Gasteiger partial charge in [-0.15, -0.1) is 0 Å². The summed E-state index contributed by atoms with van der Waals surface area (Å²) in [6, 6.07) is 8.08. The summed E-state index contributed by atoms with van der Waals surface area (Å²) >= 11 is 0. The number of nitrogens with one attached hydrogen (secondary N) is 2. The van der Waals surface area contributed by atoms with Crippen LogP contribution in [0.25, 0.3) is 0 Å². The Morgan fingerprint density at radius 1 is 1.22 bits per heavy atom. The highest BCUT2D eigenvalue weighted by Gasteiger charge is 2.21. The predicted octanol–water partition coefficient (Wildman–Crippen LogP) is 0.488. The lowest BCUT2D eigenvalue weighted by Gasteiger charge is -2.26. The van der Waals surface area contributed by atoms with Gasteiger partial charge in [-0.3, -0.25) is 9.69 Å². The zero-order valence-electron chi connectivity index (χ0n) is 13.4. The molecule has 1 unspecified atom stereocenters. The first-order chi connectivity index (χ1) is 11.3. The Kier molecular flexibility index (Phi) is 5.99. The number of anilines is 1. The van der Waals surface area contributed by atoms with Gasteiger partial charge in [0, 0.05) is 38.4 Å². The Labute approximate surface area is 137 Å². The Morgan fingerprint density at radius 3 is 2.70 bits per heavy atom. The van der Waals surface area contributed by atoms with Gasteiger partial charge in [0.05, 0.1) is 19.8 Å². The minimum absolute atomic E-state index is 0.0849. The van der Waals surface area contributed by atoms with Crippen LogP contribution in [-0.2, 0) is 20.7 Å². The van der Waals surface area contributed by atoms with E-state index in [1.54, 1.807) is 0 Å². The van der Waals surface area contributed by atoms with E-state index in [0.29, 0.717) is 13.2 Å². The van der Waals surface area contributed by atoms with Crippen LogP contribution in [0.3, 0.4) is 0 Å². The highest BCUT2D eigenvalue weighted by atomic mass is 16.5. The average molecular weight is 319 g/mol. The van der Waals surface area contributed by atoms with Gasteiger partial charge >= 0.3 is 0 Å². The van der Waals surface area contributed by atoms with E-state index in [-0.39, 0.29) is 5.91 Å². The quantitative estimate of drug-likeness (QED) is 0.827. The predicted molar refractivity (Wildman–Crippen MR) is 88.6 cm³/mol. The van der Waals surface area contributed by atoms with Crippen LogP contribution in [0.1, 0.15) is 5.56 Å². The van der Waals surface area contributed by atoms with E-state index >= 15 is 0 Å². The molecule has 1 amide bonds. The maximum Gasteiger partial charge on any atom is 0.254 e. The number of ether oxygens (including phenoxy) is 2. The zero-order valence-corrected chi connectivity index (χ0v) is 13.4. The van der Waals surface area contributed by atoms with Gasteiger partial charge in [0.25, 0.3) is 5.91 Å². The van der Waals surface area contributed by atoms with Gasteiger partial charge in [-0.05, 0) is 24.1 Å². The van der Waals surface area contributed by atoms with E-state index in [2.05, 4.69) is 27.7 Å². The normalized spacial score (nSPS) is 22.7. The monoisotopic (exact) mass is 319 g/mol. The van der Waals surface area contributed by atoms with E-state index in [0.717, 1.165) is 51.5 Å².